The number of thiocarbonyl (C=S) groups is 1. The molecular weight excluding hydrogens is 533 g/mol. The van der Waals surface area contributed by atoms with Crippen LogP contribution in [-0.2, 0) is 11.9 Å². The van der Waals surface area contributed by atoms with Crippen molar-refractivity contribution in [3.63, 3.8) is 0 Å². The molecule has 37 heavy (non-hydrogen) atoms. The molecule has 3 aromatic rings. The number of benzene rings is 2. The third kappa shape index (κ3) is 7.37. The van der Waals surface area contributed by atoms with Gasteiger partial charge in [-0.05, 0) is 66.7 Å². The Balaban J connectivity index is 1.73. The Bertz CT molecular complexity index is 1390. The zero-order valence-electron chi connectivity index (χ0n) is 19.3. The van der Waals surface area contributed by atoms with Crippen molar-refractivity contribution in [2.24, 2.45) is 5.10 Å². The quantitative estimate of drug-likeness (QED) is 0.119. The first-order valence-electron chi connectivity index (χ1n) is 10.4. The van der Waals surface area contributed by atoms with Gasteiger partial charge >= 0.3 is 6.18 Å². The summed E-state index contributed by atoms with van der Waals surface area (Å²) in [5.74, 6) is -0.916. The van der Waals surface area contributed by atoms with Crippen molar-refractivity contribution in [3.8, 4) is 11.8 Å². The van der Waals surface area contributed by atoms with Crippen LogP contribution in [0.4, 0.5) is 27.6 Å². The maximum atomic E-state index is 13.7. The summed E-state index contributed by atoms with van der Waals surface area (Å²) in [5.41, 5.74) is 2.85. The Morgan fingerprint density at radius 1 is 1.22 bits per heavy atom. The van der Waals surface area contributed by atoms with E-state index < -0.39 is 23.5 Å². The Morgan fingerprint density at radius 2 is 1.97 bits per heavy atom. The predicted molar refractivity (Wildman–Crippen MR) is 135 cm³/mol. The zero-order valence-corrected chi connectivity index (χ0v) is 20.9. The topological polar surface area (TPSA) is 82.3 Å². The molecule has 192 valence electrons. The second kappa shape index (κ2) is 12.0. The summed E-state index contributed by atoms with van der Waals surface area (Å²) in [5, 5.41) is 15.9. The maximum absolute atomic E-state index is 13.7. The van der Waals surface area contributed by atoms with E-state index in [2.05, 4.69) is 20.8 Å². The number of anilines is 1. The number of aromatic nitrogens is 1. The number of pyridine rings is 1. The summed E-state index contributed by atoms with van der Waals surface area (Å²) in [6.07, 6.45) is -3.23. The summed E-state index contributed by atoms with van der Waals surface area (Å²) in [6.45, 7) is 1.42. The Morgan fingerprint density at radius 3 is 2.62 bits per heavy atom. The number of nitriles is 1. The van der Waals surface area contributed by atoms with Crippen LogP contribution in [0.1, 0.15) is 27.9 Å². The SMILES string of the molecule is COc1ccc(/C=N/NC(=S)Nc2ccc(F)cc2F)cc1CSc1nc(C(F)(F)F)cc(C)c1C#N. The van der Waals surface area contributed by atoms with Gasteiger partial charge in [0.05, 0.1) is 24.6 Å². The van der Waals surface area contributed by atoms with Crippen LogP contribution in [0.3, 0.4) is 0 Å². The molecule has 0 aliphatic rings. The minimum absolute atomic E-state index is 0.0342. The van der Waals surface area contributed by atoms with Crippen molar-refractivity contribution < 1.29 is 26.7 Å². The third-order valence-electron chi connectivity index (χ3n) is 4.81. The lowest BCUT2D eigenvalue weighted by Crippen LogP contribution is -2.24. The van der Waals surface area contributed by atoms with Crippen molar-refractivity contribution in [1.29, 1.82) is 5.26 Å². The fraction of sp³-hybridized carbons (Fsp3) is 0.167. The molecule has 0 unspecified atom stereocenters. The van der Waals surface area contributed by atoms with Crippen LogP contribution in [0.25, 0.3) is 0 Å². The van der Waals surface area contributed by atoms with Gasteiger partial charge in [0.1, 0.15) is 34.2 Å². The van der Waals surface area contributed by atoms with E-state index in [0.717, 1.165) is 23.9 Å². The molecule has 0 atom stereocenters. The van der Waals surface area contributed by atoms with Gasteiger partial charge in [-0.1, -0.05) is 0 Å². The number of alkyl halides is 3. The second-order valence-electron chi connectivity index (χ2n) is 7.42. The summed E-state index contributed by atoms with van der Waals surface area (Å²) < 4.78 is 71.7. The van der Waals surface area contributed by atoms with Gasteiger partial charge in [0.15, 0.2) is 5.11 Å². The molecular formula is C24H18F5N5OS2. The average molecular weight is 552 g/mol. The highest BCUT2D eigenvalue weighted by Crippen LogP contribution is 2.35. The Labute approximate surface area is 218 Å². The first-order valence-corrected chi connectivity index (χ1v) is 11.7. The van der Waals surface area contributed by atoms with E-state index in [1.54, 1.807) is 18.2 Å². The third-order valence-corrected chi connectivity index (χ3v) is 6.03. The predicted octanol–water partition coefficient (Wildman–Crippen LogP) is 6.18. The molecule has 0 aliphatic heterocycles. The summed E-state index contributed by atoms with van der Waals surface area (Å²) in [4.78, 5) is 3.65. The zero-order chi connectivity index (χ0) is 27.2. The Kier molecular flexibility index (Phi) is 9.01. The number of ether oxygens (including phenoxy) is 1. The summed E-state index contributed by atoms with van der Waals surface area (Å²) >= 11 is 6.02. The number of hydrogen-bond donors (Lipinski definition) is 2. The molecule has 1 heterocycles. The van der Waals surface area contributed by atoms with E-state index in [0.29, 0.717) is 22.9 Å². The molecule has 0 fully saturated rings. The molecule has 0 bridgehead atoms. The molecule has 0 saturated heterocycles. The number of hydrogen-bond acceptors (Lipinski definition) is 6. The van der Waals surface area contributed by atoms with Gasteiger partial charge in [0, 0.05) is 17.4 Å². The molecule has 0 aliphatic carbocycles. The van der Waals surface area contributed by atoms with Crippen molar-refractivity contribution in [1.82, 2.24) is 10.4 Å². The molecule has 3 rings (SSSR count). The average Bonchev–Trinajstić information content (AvgIpc) is 2.83. The molecule has 2 N–H and O–H groups in total. The number of thioether (sulfide) groups is 1. The first kappa shape index (κ1) is 27.8. The van der Waals surface area contributed by atoms with E-state index in [9.17, 15) is 27.2 Å². The van der Waals surface area contributed by atoms with Gasteiger partial charge < -0.3 is 10.1 Å². The highest BCUT2D eigenvalue weighted by atomic mass is 32.2. The number of rotatable bonds is 7. The fourth-order valence-corrected chi connectivity index (χ4v) is 4.27. The minimum atomic E-state index is -4.65. The van der Waals surface area contributed by atoms with Gasteiger partial charge in [0.2, 0.25) is 0 Å². The lowest BCUT2D eigenvalue weighted by molar-refractivity contribution is -0.141. The number of nitrogens with one attached hydrogen (secondary N) is 2. The van der Waals surface area contributed by atoms with Crippen LogP contribution >= 0.6 is 24.0 Å². The highest BCUT2D eigenvalue weighted by molar-refractivity contribution is 7.98. The van der Waals surface area contributed by atoms with Gasteiger partial charge in [-0.25, -0.2) is 13.8 Å². The van der Waals surface area contributed by atoms with Gasteiger partial charge in [-0.3, -0.25) is 5.43 Å². The van der Waals surface area contributed by atoms with Gasteiger partial charge in [-0.15, -0.1) is 11.8 Å². The summed E-state index contributed by atoms with van der Waals surface area (Å²) in [6, 6.07) is 10.8. The van der Waals surface area contributed by atoms with E-state index in [4.69, 9.17) is 17.0 Å². The van der Waals surface area contributed by atoms with Crippen LogP contribution in [0.2, 0.25) is 0 Å². The molecule has 13 heteroatoms. The number of methoxy groups -OCH3 is 1. The molecule has 1 aromatic heterocycles. The van der Waals surface area contributed by atoms with Crippen molar-refractivity contribution in [2.45, 2.75) is 23.9 Å². The van der Waals surface area contributed by atoms with Crippen LogP contribution in [0.15, 0.2) is 52.6 Å². The Hall–Kier alpha value is -3.76. The van der Waals surface area contributed by atoms with Crippen molar-refractivity contribution in [2.75, 3.05) is 12.4 Å². The smallest absolute Gasteiger partial charge is 0.433 e. The minimum Gasteiger partial charge on any atom is -0.496 e. The normalized spacial score (nSPS) is 11.3. The number of halogens is 5. The van der Waals surface area contributed by atoms with Crippen LogP contribution in [0, 0.1) is 29.9 Å². The van der Waals surface area contributed by atoms with E-state index >= 15 is 0 Å². The molecule has 0 spiro atoms. The number of hydrazone groups is 1. The van der Waals surface area contributed by atoms with E-state index in [1.807, 2.05) is 6.07 Å². The molecule has 2 aromatic carbocycles. The van der Waals surface area contributed by atoms with Crippen molar-refractivity contribution in [3.05, 3.63) is 82.0 Å². The molecule has 6 nitrogen and oxygen atoms in total. The number of nitrogens with zero attached hydrogens (tertiary/aromatic N) is 3. The van der Waals surface area contributed by atoms with Gasteiger partial charge in [-0.2, -0.15) is 23.5 Å². The van der Waals surface area contributed by atoms with Crippen LogP contribution in [-0.4, -0.2) is 23.4 Å². The molecule has 0 radical (unpaired) electrons. The standard InChI is InChI=1S/C24H18F5N5OS2/c1-13-7-21(24(27,28)29)33-22(17(13)10-30)37-12-15-8-14(3-6-20(15)35-2)11-31-34-23(36)32-19-5-4-16(25)9-18(19)26/h3-9,11H,12H2,1-2H3,(H2,32,34,36)/b31-11+. The lowest BCUT2D eigenvalue weighted by atomic mass is 10.1. The number of aryl methyl sites for hydroxylation is 1. The molecule has 0 amide bonds. The second-order valence-corrected chi connectivity index (χ2v) is 8.79. The van der Waals surface area contributed by atoms with Gasteiger partial charge in [0.25, 0.3) is 0 Å². The van der Waals surface area contributed by atoms with Crippen molar-refractivity contribution >= 4 is 41.0 Å². The van der Waals surface area contributed by atoms with Crippen LogP contribution < -0.4 is 15.5 Å². The summed E-state index contributed by atoms with van der Waals surface area (Å²) in [7, 11) is 1.45. The maximum Gasteiger partial charge on any atom is 0.433 e. The fourth-order valence-electron chi connectivity index (χ4n) is 3.07. The van der Waals surface area contributed by atoms with E-state index in [-0.39, 0.29) is 32.7 Å². The molecule has 0 saturated carbocycles. The first-order chi connectivity index (χ1) is 17.5. The van der Waals surface area contributed by atoms with Crippen LogP contribution in [0.5, 0.6) is 5.75 Å². The lowest BCUT2D eigenvalue weighted by Gasteiger charge is -2.13. The highest BCUT2D eigenvalue weighted by Gasteiger charge is 2.34. The monoisotopic (exact) mass is 551 g/mol. The van der Waals surface area contributed by atoms with E-state index in [1.165, 1.54) is 26.3 Å². The largest absolute Gasteiger partial charge is 0.496 e.